The van der Waals surface area contributed by atoms with Crippen molar-refractivity contribution in [2.45, 2.75) is 47.5 Å². The molecule has 2 aromatic heterocycles. The molecule has 0 amide bonds. The molecule has 6 nitrogen and oxygen atoms in total. The first-order valence-electron chi connectivity index (χ1n) is 8.67. The van der Waals surface area contributed by atoms with Gasteiger partial charge in [0.15, 0.2) is 0 Å². The molecule has 0 unspecified atom stereocenters. The standard InChI is InChI=1S/C17H30N6/c1-5-20(6-2)13-16-10-12-22(19-16)15-23-17(9-11-18-23)14-21(7-3)8-4/h9-12H,5-8,13-15H2,1-4H3. The summed E-state index contributed by atoms with van der Waals surface area (Å²) in [5.74, 6) is 0. The predicted molar refractivity (Wildman–Crippen MR) is 93.1 cm³/mol. The summed E-state index contributed by atoms with van der Waals surface area (Å²) >= 11 is 0. The van der Waals surface area contributed by atoms with Crippen LogP contribution in [0.2, 0.25) is 0 Å². The van der Waals surface area contributed by atoms with Crippen molar-refractivity contribution in [3.8, 4) is 0 Å². The minimum atomic E-state index is 0.669. The third-order valence-electron chi connectivity index (χ3n) is 4.34. The highest BCUT2D eigenvalue weighted by molar-refractivity contribution is 5.02. The fourth-order valence-corrected chi connectivity index (χ4v) is 2.68. The number of hydrogen-bond donors (Lipinski definition) is 0. The van der Waals surface area contributed by atoms with Crippen molar-refractivity contribution in [3.05, 3.63) is 35.9 Å². The zero-order valence-electron chi connectivity index (χ0n) is 14.9. The van der Waals surface area contributed by atoms with Gasteiger partial charge in [0, 0.05) is 25.5 Å². The average Bonchev–Trinajstić information content (AvgIpc) is 3.20. The summed E-state index contributed by atoms with van der Waals surface area (Å²) in [5, 5.41) is 9.14. The second-order valence-corrected chi connectivity index (χ2v) is 5.73. The maximum atomic E-state index is 4.68. The van der Waals surface area contributed by atoms with Gasteiger partial charge in [0.25, 0.3) is 0 Å². The molecule has 2 rings (SSSR count). The van der Waals surface area contributed by atoms with Crippen molar-refractivity contribution < 1.29 is 0 Å². The van der Waals surface area contributed by atoms with E-state index in [0.29, 0.717) is 6.67 Å². The highest BCUT2D eigenvalue weighted by atomic mass is 15.4. The van der Waals surface area contributed by atoms with E-state index in [9.17, 15) is 0 Å². The first kappa shape index (κ1) is 17.7. The summed E-state index contributed by atoms with van der Waals surface area (Å²) in [4.78, 5) is 4.76. The predicted octanol–water partition coefficient (Wildman–Crippen LogP) is 2.27. The van der Waals surface area contributed by atoms with Crippen molar-refractivity contribution in [3.63, 3.8) is 0 Å². The van der Waals surface area contributed by atoms with E-state index >= 15 is 0 Å². The number of hydrogen-bond acceptors (Lipinski definition) is 4. The molecule has 0 atom stereocenters. The molecular formula is C17H30N6. The first-order valence-corrected chi connectivity index (χ1v) is 8.67. The molecule has 0 saturated heterocycles. The van der Waals surface area contributed by atoms with E-state index in [1.165, 1.54) is 5.69 Å². The Bertz CT molecular complexity index is 565. The zero-order chi connectivity index (χ0) is 16.7. The first-order chi connectivity index (χ1) is 11.2. The van der Waals surface area contributed by atoms with Crippen LogP contribution in [0.25, 0.3) is 0 Å². The van der Waals surface area contributed by atoms with Crippen LogP contribution in [0, 0.1) is 0 Å². The number of rotatable bonds is 10. The smallest absolute Gasteiger partial charge is 0.133 e. The lowest BCUT2D eigenvalue weighted by Crippen LogP contribution is -2.25. The third kappa shape index (κ3) is 4.91. The SMILES string of the molecule is CCN(CC)Cc1ccn(Cn2nccc2CN(CC)CC)n1. The topological polar surface area (TPSA) is 42.1 Å². The second kappa shape index (κ2) is 8.84. The molecule has 6 heteroatoms. The molecule has 0 saturated carbocycles. The van der Waals surface area contributed by atoms with Crippen molar-refractivity contribution in [2.75, 3.05) is 26.2 Å². The number of nitrogens with zero attached hydrogens (tertiary/aromatic N) is 6. The molecule has 2 heterocycles. The van der Waals surface area contributed by atoms with Gasteiger partial charge in [0.05, 0.1) is 11.4 Å². The Balaban J connectivity index is 2.00. The third-order valence-corrected chi connectivity index (χ3v) is 4.34. The zero-order valence-corrected chi connectivity index (χ0v) is 14.9. The second-order valence-electron chi connectivity index (χ2n) is 5.73. The molecule has 0 aliphatic rings. The van der Waals surface area contributed by atoms with E-state index < -0.39 is 0 Å². The minimum Gasteiger partial charge on any atom is -0.298 e. The summed E-state index contributed by atoms with van der Waals surface area (Å²) in [5.41, 5.74) is 2.35. The summed E-state index contributed by atoms with van der Waals surface area (Å²) in [6, 6.07) is 4.20. The van der Waals surface area contributed by atoms with Gasteiger partial charge in [-0.2, -0.15) is 10.2 Å². The summed E-state index contributed by atoms with van der Waals surface area (Å²) in [6.07, 6.45) is 3.92. The quantitative estimate of drug-likeness (QED) is 0.674. The summed E-state index contributed by atoms with van der Waals surface area (Å²) < 4.78 is 4.00. The van der Waals surface area contributed by atoms with Crippen molar-refractivity contribution in [1.29, 1.82) is 0 Å². The lowest BCUT2D eigenvalue weighted by atomic mass is 10.3. The van der Waals surface area contributed by atoms with Gasteiger partial charge in [-0.3, -0.25) is 14.5 Å². The molecule has 23 heavy (non-hydrogen) atoms. The van der Waals surface area contributed by atoms with Crippen LogP contribution in [0.3, 0.4) is 0 Å². The molecule has 0 aromatic carbocycles. The fourth-order valence-electron chi connectivity index (χ4n) is 2.68. The van der Waals surface area contributed by atoms with Crippen LogP contribution >= 0.6 is 0 Å². The molecule has 0 radical (unpaired) electrons. The van der Waals surface area contributed by atoms with E-state index in [1.54, 1.807) is 0 Å². The Morgan fingerprint density at radius 2 is 1.57 bits per heavy atom. The molecule has 128 valence electrons. The average molecular weight is 318 g/mol. The van der Waals surface area contributed by atoms with Crippen LogP contribution < -0.4 is 0 Å². The van der Waals surface area contributed by atoms with Crippen LogP contribution in [0.15, 0.2) is 24.5 Å². The highest BCUT2D eigenvalue weighted by Crippen LogP contribution is 2.06. The Hall–Kier alpha value is -1.66. The van der Waals surface area contributed by atoms with Crippen LogP contribution in [0.5, 0.6) is 0 Å². The van der Waals surface area contributed by atoms with Gasteiger partial charge in [-0.05, 0) is 38.3 Å². The fraction of sp³-hybridized carbons (Fsp3) is 0.647. The van der Waals surface area contributed by atoms with E-state index in [0.717, 1.165) is 45.0 Å². The van der Waals surface area contributed by atoms with E-state index in [2.05, 4.69) is 59.8 Å². The highest BCUT2D eigenvalue weighted by Gasteiger charge is 2.09. The van der Waals surface area contributed by atoms with Gasteiger partial charge in [-0.25, -0.2) is 4.68 Å². The Morgan fingerprint density at radius 1 is 0.913 bits per heavy atom. The van der Waals surface area contributed by atoms with Crippen LogP contribution in [0.4, 0.5) is 0 Å². The molecule has 0 spiro atoms. The normalized spacial score (nSPS) is 11.7. The molecule has 0 bridgehead atoms. The van der Waals surface area contributed by atoms with Crippen LogP contribution in [-0.2, 0) is 19.8 Å². The van der Waals surface area contributed by atoms with Crippen molar-refractivity contribution in [1.82, 2.24) is 29.4 Å². The monoisotopic (exact) mass is 318 g/mol. The Kier molecular flexibility index (Phi) is 6.80. The van der Waals surface area contributed by atoms with Gasteiger partial charge >= 0.3 is 0 Å². The van der Waals surface area contributed by atoms with Gasteiger partial charge in [-0.1, -0.05) is 27.7 Å². The summed E-state index contributed by atoms with van der Waals surface area (Å²) in [6.45, 7) is 15.5. The van der Waals surface area contributed by atoms with Crippen LogP contribution in [-0.4, -0.2) is 55.5 Å². The van der Waals surface area contributed by atoms with E-state index in [4.69, 9.17) is 0 Å². The van der Waals surface area contributed by atoms with E-state index in [1.807, 2.05) is 21.8 Å². The maximum absolute atomic E-state index is 4.68. The largest absolute Gasteiger partial charge is 0.298 e. The maximum Gasteiger partial charge on any atom is 0.133 e. The van der Waals surface area contributed by atoms with Gasteiger partial charge in [0.1, 0.15) is 6.67 Å². The lowest BCUT2D eigenvalue weighted by molar-refractivity contribution is 0.281. The minimum absolute atomic E-state index is 0.669. The van der Waals surface area contributed by atoms with Crippen LogP contribution in [0.1, 0.15) is 39.1 Å². The summed E-state index contributed by atoms with van der Waals surface area (Å²) in [7, 11) is 0. The lowest BCUT2D eigenvalue weighted by Gasteiger charge is -2.18. The molecule has 0 N–H and O–H groups in total. The van der Waals surface area contributed by atoms with Crippen molar-refractivity contribution in [2.24, 2.45) is 0 Å². The van der Waals surface area contributed by atoms with Gasteiger partial charge < -0.3 is 0 Å². The molecular weight excluding hydrogens is 288 g/mol. The van der Waals surface area contributed by atoms with E-state index in [-0.39, 0.29) is 0 Å². The molecule has 0 fully saturated rings. The molecule has 0 aliphatic carbocycles. The van der Waals surface area contributed by atoms with Gasteiger partial charge in [0.2, 0.25) is 0 Å². The number of aromatic nitrogens is 4. The van der Waals surface area contributed by atoms with Crippen molar-refractivity contribution >= 4 is 0 Å². The molecule has 2 aromatic rings. The Labute approximate surface area is 139 Å². The van der Waals surface area contributed by atoms with Gasteiger partial charge in [-0.15, -0.1) is 0 Å². The molecule has 0 aliphatic heterocycles. The Morgan fingerprint density at radius 3 is 2.22 bits per heavy atom.